The minimum absolute atomic E-state index is 0. The van der Waals surface area contributed by atoms with Gasteiger partial charge < -0.3 is 24.8 Å². The van der Waals surface area contributed by atoms with Gasteiger partial charge in [0.1, 0.15) is 0 Å². The third-order valence-corrected chi connectivity index (χ3v) is 15.5. The number of hydrogen-bond donors (Lipinski definition) is 0. The van der Waals surface area contributed by atoms with Crippen LogP contribution in [-0.4, -0.2) is 3.21 Å². The molecule has 0 saturated heterocycles. The molecule has 0 radical (unpaired) electrons. The SMILES string of the molecule is C=Cc1ccc2c(c1)-c1cc(C=C)ccc1[CH]2[Zr+2]([C]1=CC(C(C)(C)C)=CC1CC)=[C](C)C.[Cl-].[Cl-]. The van der Waals surface area contributed by atoms with Crippen LogP contribution in [0.4, 0.5) is 0 Å². The maximum atomic E-state index is 4.02. The van der Waals surface area contributed by atoms with Crippen LogP contribution in [0.2, 0.25) is 0 Å². The zero-order valence-electron chi connectivity index (χ0n) is 21.3. The van der Waals surface area contributed by atoms with Crippen molar-refractivity contribution in [2.24, 2.45) is 11.3 Å². The molecule has 2 aliphatic rings. The molecule has 0 heterocycles. The first-order valence-electron chi connectivity index (χ1n) is 11.8. The monoisotopic (exact) mass is 568 g/mol. The van der Waals surface area contributed by atoms with Gasteiger partial charge in [-0.25, -0.2) is 0 Å². The van der Waals surface area contributed by atoms with Crippen LogP contribution in [0.3, 0.4) is 0 Å². The number of fused-ring (bicyclic) bond motifs is 3. The van der Waals surface area contributed by atoms with E-state index in [9.17, 15) is 0 Å². The number of hydrogen-bond acceptors (Lipinski definition) is 0. The molecular formula is C31H36Cl2Zr. The summed E-state index contributed by atoms with van der Waals surface area (Å²) in [5.41, 5.74) is 10.00. The van der Waals surface area contributed by atoms with Crippen LogP contribution < -0.4 is 24.8 Å². The van der Waals surface area contributed by atoms with Gasteiger partial charge in [-0.1, -0.05) is 0 Å². The summed E-state index contributed by atoms with van der Waals surface area (Å²) in [6, 6.07) is 14.0. The number of allylic oxidation sites excluding steroid dienone is 4. The van der Waals surface area contributed by atoms with Crippen molar-refractivity contribution in [1.82, 2.24) is 0 Å². The van der Waals surface area contributed by atoms with Crippen molar-refractivity contribution in [2.75, 3.05) is 0 Å². The van der Waals surface area contributed by atoms with Crippen molar-refractivity contribution >= 4 is 15.4 Å². The van der Waals surface area contributed by atoms with E-state index >= 15 is 0 Å². The molecule has 0 bridgehead atoms. The van der Waals surface area contributed by atoms with Crippen molar-refractivity contribution in [2.45, 2.75) is 51.6 Å². The van der Waals surface area contributed by atoms with Gasteiger partial charge >= 0.3 is 203 Å². The van der Waals surface area contributed by atoms with Gasteiger partial charge in [-0.2, -0.15) is 0 Å². The molecule has 0 spiro atoms. The van der Waals surface area contributed by atoms with Gasteiger partial charge in [0, 0.05) is 0 Å². The van der Waals surface area contributed by atoms with Crippen LogP contribution in [-0.2, 0) is 21.3 Å². The second-order valence-corrected chi connectivity index (χ2v) is 17.8. The summed E-state index contributed by atoms with van der Waals surface area (Å²) in [5.74, 6) is 0.598. The molecule has 0 fully saturated rings. The predicted octanol–water partition coefficient (Wildman–Crippen LogP) is 2.78. The van der Waals surface area contributed by atoms with Gasteiger partial charge in [-0.15, -0.1) is 0 Å². The maximum Gasteiger partial charge on any atom is -1.00 e. The predicted molar refractivity (Wildman–Crippen MR) is 140 cm³/mol. The number of benzene rings is 2. The Labute approximate surface area is 226 Å². The molecule has 1 atom stereocenters. The summed E-state index contributed by atoms with van der Waals surface area (Å²) in [7, 11) is 0. The molecule has 0 N–H and O–H groups in total. The van der Waals surface area contributed by atoms with Crippen molar-refractivity contribution in [3.63, 3.8) is 0 Å². The topological polar surface area (TPSA) is 0 Å². The minimum Gasteiger partial charge on any atom is -1.00 e. The maximum absolute atomic E-state index is 4.02. The average Bonchev–Trinajstić information content (AvgIpc) is 3.33. The molecule has 2 aromatic rings. The normalized spacial score (nSPS) is 16.1. The first-order chi connectivity index (χ1) is 15.2. The van der Waals surface area contributed by atoms with Gasteiger partial charge in [0.25, 0.3) is 0 Å². The summed E-state index contributed by atoms with van der Waals surface area (Å²) >= 11 is -2.21. The Bertz CT molecular complexity index is 1140. The van der Waals surface area contributed by atoms with Crippen LogP contribution in [0.15, 0.2) is 70.6 Å². The zero-order valence-corrected chi connectivity index (χ0v) is 25.3. The Hall–Kier alpha value is -1.27. The summed E-state index contributed by atoms with van der Waals surface area (Å²) in [6.45, 7) is 22.3. The molecule has 0 aromatic heterocycles. The fourth-order valence-corrected chi connectivity index (χ4v) is 14.2. The van der Waals surface area contributed by atoms with Crippen LogP contribution in [0.5, 0.6) is 0 Å². The van der Waals surface area contributed by atoms with Gasteiger partial charge in [0.05, 0.1) is 0 Å². The van der Waals surface area contributed by atoms with E-state index in [0.29, 0.717) is 9.54 Å². The van der Waals surface area contributed by atoms with Crippen molar-refractivity contribution in [3.8, 4) is 11.1 Å². The number of halogens is 2. The minimum atomic E-state index is -2.21. The molecule has 2 aromatic carbocycles. The summed E-state index contributed by atoms with van der Waals surface area (Å²) in [6.07, 6.45) is 10.3. The van der Waals surface area contributed by atoms with Crippen LogP contribution in [0.1, 0.15) is 73.8 Å². The molecule has 0 aliphatic heterocycles. The Kier molecular flexibility index (Phi) is 9.54. The van der Waals surface area contributed by atoms with Gasteiger partial charge in [-0.05, 0) is 0 Å². The van der Waals surface area contributed by atoms with Crippen molar-refractivity contribution in [1.29, 1.82) is 0 Å². The van der Waals surface area contributed by atoms with Crippen LogP contribution in [0, 0.1) is 11.3 Å². The molecule has 34 heavy (non-hydrogen) atoms. The second-order valence-electron chi connectivity index (χ2n) is 10.4. The van der Waals surface area contributed by atoms with E-state index in [1.165, 1.54) is 45.4 Å². The molecule has 178 valence electrons. The first kappa shape index (κ1) is 29.0. The molecule has 0 nitrogen and oxygen atoms in total. The van der Waals surface area contributed by atoms with E-state index < -0.39 is 21.3 Å². The molecule has 4 rings (SSSR count). The standard InChI is InChI=1S/C17H13.C11H17.C3H6.2ClH.Zr/c1-3-12-5-7-14-11-15-8-6-13(4-2)10-17(15)16(14)9-12;1-5-9-6-7-10(8-9)11(2,3)4;1-3-2;;;/h3-11H,1-2H2;7-9H,5H2,1-4H3;1-2H3;2*1H;/q;;;;;+2/p-2. The fraction of sp³-hybridized carbons (Fsp3) is 0.323. The van der Waals surface area contributed by atoms with Crippen molar-refractivity contribution in [3.05, 3.63) is 92.8 Å². The fourth-order valence-electron chi connectivity index (χ4n) is 5.31. The summed E-state index contributed by atoms with van der Waals surface area (Å²) in [5, 5.41) is 0. The van der Waals surface area contributed by atoms with Crippen molar-refractivity contribution < 1.29 is 46.1 Å². The zero-order chi connectivity index (χ0) is 23.2. The van der Waals surface area contributed by atoms with E-state index in [2.05, 4.69) is 103 Å². The second kappa shape index (κ2) is 11.2. The van der Waals surface area contributed by atoms with E-state index in [4.69, 9.17) is 0 Å². The Morgan fingerprint density at radius 2 is 1.41 bits per heavy atom. The van der Waals surface area contributed by atoms with Crippen LogP contribution >= 0.6 is 0 Å². The Morgan fingerprint density at radius 3 is 1.79 bits per heavy atom. The van der Waals surface area contributed by atoms with E-state index in [0.717, 1.165) is 0 Å². The quantitative estimate of drug-likeness (QED) is 0.519. The molecule has 0 saturated carbocycles. The molecule has 3 heteroatoms. The van der Waals surface area contributed by atoms with Gasteiger partial charge in [0.15, 0.2) is 0 Å². The van der Waals surface area contributed by atoms with Gasteiger partial charge in [0.2, 0.25) is 0 Å². The van der Waals surface area contributed by atoms with Gasteiger partial charge in [-0.3, -0.25) is 0 Å². The molecular weight excluding hydrogens is 534 g/mol. The smallest absolute Gasteiger partial charge is 1.00 e. The summed E-state index contributed by atoms with van der Waals surface area (Å²) in [4.78, 5) is 0. The van der Waals surface area contributed by atoms with E-state index in [-0.39, 0.29) is 30.2 Å². The average molecular weight is 571 g/mol. The first-order valence-corrected chi connectivity index (χ1v) is 15.7. The number of rotatable bonds is 5. The Balaban J connectivity index is 0.00000204. The largest absolute Gasteiger partial charge is 1.00 e. The van der Waals surface area contributed by atoms with E-state index in [1.807, 2.05) is 12.2 Å². The third kappa shape index (κ3) is 5.14. The van der Waals surface area contributed by atoms with E-state index in [1.54, 1.807) is 6.49 Å². The summed E-state index contributed by atoms with van der Waals surface area (Å²) < 4.78 is 4.01. The van der Waals surface area contributed by atoms with Crippen LogP contribution in [0.25, 0.3) is 23.3 Å². The molecule has 0 amide bonds. The Morgan fingerprint density at radius 1 is 0.912 bits per heavy atom. The third-order valence-electron chi connectivity index (χ3n) is 7.07. The molecule has 1 unspecified atom stereocenters. The molecule has 2 aliphatic carbocycles.